The van der Waals surface area contributed by atoms with Crippen LogP contribution < -0.4 is 19.6 Å². The van der Waals surface area contributed by atoms with Crippen molar-refractivity contribution >= 4 is 41.0 Å². The van der Waals surface area contributed by atoms with Crippen LogP contribution >= 0.6 is 22.9 Å². The van der Waals surface area contributed by atoms with E-state index in [0.29, 0.717) is 54.0 Å². The number of methoxy groups -OCH3 is 2. The second-order valence-electron chi connectivity index (χ2n) is 8.94. The number of carboxylic acid groups (broad SMARTS) is 1. The molecule has 0 spiro atoms. The van der Waals surface area contributed by atoms with E-state index in [-0.39, 0.29) is 11.1 Å². The lowest BCUT2D eigenvalue weighted by molar-refractivity contribution is -0.136. The van der Waals surface area contributed by atoms with Gasteiger partial charge in [0.05, 0.1) is 35.6 Å². The molecule has 0 aliphatic carbocycles. The van der Waals surface area contributed by atoms with Crippen LogP contribution in [0.3, 0.4) is 0 Å². The number of carboxylic acids is 1. The molecule has 0 amide bonds. The van der Waals surface area contributed by atoms with E-state index in [2.05, 4.69) is 4.99 Å². The first-order valence-corrected chi connectivity index (χ1v) is 13.2. The summed E-state index contributed by atoms with van der Waals surface area (Å²) in [7, 11) is 2.76. The number of ether oxygens (including phenoxy) is 2. The summed E-state index contributed by atoms with van der Waals surface area (Å²) in [5.41, 5.74) is 2.08. The molecule has 11 heteroatoms. The molecule has 1 atom stereocenters. The summed E-state index contributed by atoms with van der Waals surface area (Å²) in [5.74, 6) is -0.363. The third-order valence-corrected chi connectivity index (χ3v) is 7.86. The molecule has 5 rings (SSSR count). The highest BCUT2D eigenvalue weighted by molar-refractivity contribution is 7.07. The fourth-order valence-electron chi connectivity index (χ4n) is 4.74. The molecule has 0 unspecified atom stereocenters. The molecule has 1 N–H and O–H groups in total. The van der Waals surface area contributed by atoms with Gasteiger partial charge in [-0.15, -0.1) is 0 Å². The molecular formula is C29H23ClN2O7S. The highest BCUT2D eigenvalue weighted by Gasteiger charge is 2.35. The van der Waals surface area contributed by atoms with Crippen LogP contribution in [0.15, 0.2) is 74.0 Å². The summed E-state index contributed by atoms with van der Waals surface area (Å²) in [4.78, 5) is 43.2. The minimum absolute atomic E-state index is 0.178. The molecule has 40 heavy (non-hydrogen) atoms. The average Bonchev–Trinajstić information content (AvgIpc) is 3.51. The number of fused-ring (bicyclic) bond motifs is 1. The van der Waals surface area contributed by atoms with E-state index in [0.717, 1.165) is 11.3 Å². The number of esters is 1. The van der Waals surface area contributed by atoms with Gasteiger partial charge in [0.15, 0.2) is 4.80 Å². The number of halogens is 1. The van der Waals surface area contributed by atoms with Crippen molar-refractivity contribution < 1.29 is 28.6 Å². The van der Waals surface area contributed by atoms with E-state index in [1.54, 1.807) is 62.4 Å². The van der Waals surface area contributed by atoms with E-state index in [1.165, 1.54) is 24.9 Å². The van der Waals surface area contributed by atoms with Crippen molar-refractivity contribution in [1.82, 2.24) is 4.57 Å². The summed E-state index contributed by atoms with van der Waals surface area (Å²) in [5, 5.41) is 9.86. The Morgan fingerprint density at radius 1 is 1.15 bits per heavy atom. The van der Waals surface area contributed by atoms with E-state index >= 15 is 0 Å². The van der Waals surface area contributed by atoms with Gasteiger partial charge in [0, 0.05) is 22.2 Å². The molecule has 1 aliphatic rings. The molecule has 3 heterocycles. The lowest BCUT2D eigenvalue weighted by Gasteiger charge is -2.25. The Balaban J connectivity index is 1.67. The molecule has 1 aliphatic heterocycles. The van der Waals surface area contributed by atoms with Crippen molar-refractivity contribution in [2.24, 2.45) is 4.99 Å². The zero-order valence-corrected chi connectivity index (χ0v) is 23.4. The average molecular weight is 579 g/mol. The van der Waals surface area contributed by atoms with Gasteiger partial charge < -0.3 is 19.0 Å². The second-order valence-corrected chi connectivity index (χ2v) is 10.4. The second kappa shape index (κ2) is 10.6. The normalized spacial score (nSPS) is 15.0. The summed E-state index contributed by atoms with van der Waals surface area (Å²) in [6.45, 7) is 3.39. The predicted octanol–water partition coefficient (Wildman–Crippen LogP) is 4.34. The number of allylic oxidation sites excluding steroid dienone is 1. The van der Waals surface area contributed by atoms with Gasteiger partial charge in [-0.25, -0.2) is 14.6 Å². The molecule has 9 nitrogen and oxygen atoms in total. The maximum atomic E-state index is 13.8. The van der Waals surface area contributed by atoms with Crippen LogP contribution in [0.4, 0.5) is 0 Å². The number of hydrogen-bond acceptors (Lipinski definition) is 8. The largest absolute Gasteiger partial charge is 0.496 e. The Morgan fingerprint density at radius 3 is 2.62 bits per heavy atom. The van der Waals surface area contributed by atoms with Gasteiger partial charge in [-0.1, -0.05) is 35.1 Å². The van der Waals surface area contributed by atoms with Crippen LogP contribution in [-0.4, -0.2) is 35.8 Å². The first kappa shape index (κ1) is 27.2. The smallest absolute Gasteiger partial charge is 0.338 e. The summed E-state index contributed by atoms with van der Waals surface area (Å²) >= 11 is 7.46. The quantitative estimate of drug-likeness (QED) is 0.338. The molecule has 0 radical (unpaired) electrons. The van der Waals surface area contributed by atoms with Gasteiger partial charge >= 0.3 is 11.9 Å². The Bertz CT molecular complexity index is 1900. The van der Waals surface area contributed by atoms with Crippen LogP contribution in [0.25, 0.3) is 17.4 Å². The van der Waals surface area contributed by atoms with Gasteiger partial charge in [-0.3, -0.25) is 9.36 Å². The molecule has 0 saturated heterocycles. The number of rotatable bonds is 6. The number of aromatic nitrogens is 1. The molecule has 2 aromatic heterocycles. The fourth-order valence-corrected chi connectivity index (χ4v) is 5.95. The number of benzene rings is 2. The lowest BCUT2D eigenvalue weighted by Crippen LogP contribution is -2.40. The molecule has 0 saturated carbocycles. The van der Waals surface area contributed by atoms with Gasteiger partial charge in [0.1, 0.15) is 23.3 Å². The van der Waals surface area contributed by atoms with Crippen molar-refractivity contribution in [3.8, 4) is 17.1 Å². The van der Waals surface area contributed by atoms with Gasteiger partial charge in [-0.2, -0.15) is 0 Å². The summed E-state index contributed by atoms with van der Waals surface area (Å²) in [6, 6.07) is 12.4. The number of carbonyl (C=O) groups excluding carboxylic acids is 1. The third-order valence-electron chi connectivity index (χ3n) is 6.64. The number of hydrogen-bond donors (Lipinski definition) is 1. The SMILES string of the molecule is COC(=O)C1=C(C)N=c2s/c(=C\c3ccc(-c4cccc(C(=O)O)c4C)o3)c(=O)n2[C@@H]1c1cc(Cl)ccc1OC. The standard InChI is InChI=1S/C29H23ClN2O7S/c1-14-18(6-5-7-19(14)27(34)35)22-11-9-17(39-22)13-23-26(33)32-25(20-12-16(30)8-10-21(20)37-3)24(28(36)38-4)15(2)31-29(32)40-23/h5-13,25H,1-4H3,(H,34,35)/b23-13-/t25-/m1/s1. The van der Waals surface area contributed by atoms with Crippen LogP contribution in [0, 0.1) is 6.92 Å². The minimum Gasteiger partial charge on any atom is -0.496 e. The van der Waals surface area contributed by atoms with E-state index in [1.807, 2.05) is 0 Å². The topological polar surface area (TPSA) is 120 Å². The lowest BCUT2D eigenvalue weighted by atomic mass is 9.95. The predicted molar refractivity (Wildman–Crippen MR) is 150 cm³/mol. The van der Waals surface area contributed by atoms with Crippen molar-refractivity contribution in [3.05, 3.63) is 107 Å². The van der Waals surface area contributed by atoms with Gasteiger partial charge in [0.2, 0.25) is 0 Å². The van der Waals surface area contributed by atoms with Crippen LogP contribution in [-0.2, 0) is 9.53 Å². The van der Waals surface area contributed by atoms with Crippen molar-refractivity contribution in [2.45, 2.75) is 19.9 Å². The minimum atomic E-state index is -1.03. The van der Waals surface area contributed by atoms with E-state index < -0.39 is 23.5 Å². The van der Waals surface area contributed by atoms with E-state index in [9.17, 15) is 19.5 Å². The number of aromatic carboxylic acids is 1. The molecule has 204 valence electrons. The van der Waals surface area contributed by atoms with Crippen LogP contribution in [0.2, 0.25) is 5.02 Å². The zero-order valence-electron chi connectivity index (χ0n) is 21.9. The van der Waals surface area contributed by atoms with Gasteiger partial charge in [0.25, 0.3) is 5.56 Å². The molecular weight excluding hydrogens is 556 g/mol. The number of furan rings is 1. The molecule has 4 aromatic rings. The number of carbonyl (C=O) groups is 2. The highest BCUT2D eigenvalue weighted by Crippen LogP contribution is 2.37. The van der Waals surface area contributed by atoms with Gasteiger partial charge in [-0.05, 0) is 55.8 Å². The number of thiazole rings is 1. The Hall–Kier alpha value is -4.41. The molecule has 0 fully saturated rings. The first-order chi connectivity index (χ1) is 19.1. The third kappa shape index (κ3) is 4.65. The number of nitrogens with zero attached hydrogens (tertiary/aromatic N) is 2. The molecule has 0 bridgehead atoms. The zero-order chi connectivity index (χ0) is 28.7. The maximum absolute atomic E-state index is 13.8. The van der Waals surface area contributed by atoms with Crippen LogP contribution in [0.1, 0.15) is 40.2 Å². The highest BCUT2D eigenvalue weighted by atomic mass is 35.5. The fraction of sp³-hybridized carbons (Fsp3) is 0.172. The summed E-state index contributed by atoms with van der Waals surface area (Å²) in [6.07, 6.45) is 1.59. The monoisotopic (exact) mass is 578 g/mol. The Kier molecular flexibility index (Phi) is 7.22. The van der Waals surface area contributed by atoms with Crippen molar-refractivity contribution in [3.63, 3.8) is 0 Å². The molecule has 2 aromatic carbocycles. The van der Waals surface area contributed by atoms with Crippen LogP contribution in [0.5, 0.6) is 5.75 Å². The van der Waals surface area contributed by atoms with Crippen molar-refractivity contribution in [1.29, 1.82) is 0 Å². The van der Waals surface area contributed by atoms with E-state index in [4.69, 9.17) is 25.5 Å². The first-order valence-electron chi connectivity index (χ1n) is 12.0. The maximum Gasteiger partial charge on any atom is 0.338 e. The summed E-state index contributed by atoms with van der Waals surface area (Å²) < 4.78 is 18.3. The van der Waals surface area contributed by atoms with Crippen molar-refractivity contribution in [2.75, 3.05) is 14.2 Å². The Labute approximate surface area is 236 Å². The Morgan fingerprint density at radius 2 is 1.93 bits per heavy atom.